The number of amides is 1. The summed E-state index contributed by atoms with van der Waals surface area (Å²) in [5.41, 5.74) is 6.12. The van der Waals surface area contributed by atoms with Crippen LogP contribution in [0.5, 0.6) is 0 Å². The zero-order chi connectivity index (χ0) is 17.6. The highest BCUT2D eigenvalue weighted by Gasteiger charge is 2.43. The molecule has 3 heterocycles. The van der Waals surface area contributed by atoms with Crippen molar-refractivity contribution >= 4 is 34.1 Å². The molecule has 2 aromatic rings. The molecule has 2 fully saturated rings. The van der Waals surface area contributed by atoms with Crippen LogP contribution in [0, 0.1) is 5.92 Å². The van der Waals surface area contributed by atoms with Crippen LogP contribution in [0.4, 0.5) is 21.8 Å². The summed E-state index contributed by atoms with van der Waals surface area (Å²) in [6.07, 6.45) is 4.28. The number of fused-ring (bicyclic) bond motifs is 1. The number of hydrogen-bond acceptors (Lipinski definition) is 5. The van der Waals surface area contributed by atoms with E-state index in [1.807, 2.05) is 6.07 Å². The third-order valence-electron chi connectivity index (χ3n) is 5.17. The number of nitrogens with one attached hydrogen (secondary N) is 1. The molecule has 132 valence electrons. The highest BCUT2D eigenvalue weighted by molar-refractivity contribution is 5.98. The smallest absolute Gasteiger partial charge is 0.231 e. The van der Waals surface area contributed by atoms with Gasteiger partial charge in [0, 0.05) is 24.2 Å². The van der Waals surface area contributed by atoms with Crippen molar-refractivity contribution in [1.29, 1.82) is 0 Å². The summed E-state index contributed by atoms with van der Waals surface area (Å²) in [5.74, 6) is 0.869. The molecule has 1 saturated carbocycles. The molecule has 0 radical (unpaired) electrons. The minimum atomic E-state index is -1.02. The van der Waals surface area contributed by atoms with Crippen LogP contribution in [0.15, 0.2) is 18.3 Å². The highest BCUT2D eigenvalue weighted by Crippen LogP contribution is 2.35. The molecule has 4 rings (SSSR count). The molecule has 3 N–H and O–H groups in total. The van der Waals surface area contributed by atoms with Crippen LogP contribution in [-0.2, 0) is 4.79 Å². The third kappa shape index (κ3) is 2.99. The molecule has 25 heavy (non-hydrogen) atoms. The first-order valence-corrected chi connectivity index (χ1v) is 8.84. The van der Waals surface area contributed by atoms with E-state index in [0.29, 0.717) is 24.1 Å². The van der Waals surface area contributed by atoms with Crippen LogP contribution in [0.25, 0.3) is 10.8 Å². The Morgan fingerprint density at radius 1 is 1.48 bits per heavy atom. The van der Waals surface area contributed by atoms with Crippen LogP contribution < -0.4 is 16.0 Å². The first kappa shape index (κ1) is 16.1. The minimum absolute atomic E-state index is 0.299. The fraction of sp³-hybridized carbons (Fsp3) is 0.500. The highest BCUT2D eigenvalue weighted by atomic mass is 19.1. The summed E-state index contributed by atoms with van der Waals surface area (Å²) < 4.78 is 13.0. The number of halogens is 1. The van der Waals surface area contributed by atoms with Crippen molar-refractivity contribution in [2.24, 2.45) is 5.92 Å². The van der Waals surface area contributed by atoms with Gasteiger partial charge in [0.2, 0.25) is 5.91 Å². The molecule has 3 unspecified atom stereocenters. The van der Waals surface area contributed by atoms with Crippen LogP contribution in [0.1, 0.15) is 32.6 Å². The first-order chi connectivity index (χ1) is 12.1. The average Bonchev–Trinajstić information content (AvgIpc) is 3.14. The predicted molar refractivity (Wildman–Crippen MR) is 96.2 cm³/mol. The fourth-order valence-corrected chi connectivity index (χ4v) is 3.59. The number of aromatic nitrogens is 2. The van der Waals surface area contributed by atoms with Crippen molar-refractivity contribution in [3.63, 3.8) is 0 Å². The van der Waals surface area contributed by atoms with Gasteiger partial charge >= 0.3 is 0 Å². The lowest BCUT2D eigenvalue weighted by Crippen LogP contribution is -2.29. The molecule has 0 spiro atoms. The van der Waals surface area contributed by atoms with E-state index in [9.17, 15) is 9.18 Å². The van der Waals surface area contributed by atoms with E-state index >= 15 is 0 Å². The molecule has 2 aromatic heterocycles. The summed E-state index contributed by atoms with van der Waals surface area (Å²) >= 11 is 0. The topological polar surface area (TPSA) is 84.1 Å². The van der Waals surface area contributed by atoms with Crippen molar-refractivity contribution in [1.82, 2.24) is 9.97 Å². The van der Waals surface area contributed by atoms with Crippen molar-refractivity contribution in [2.75, 3.05) is 22.5 Å². The van der Waals surface area contributed by atoms with Crippen molar-refractivity contribution < 1.29 is 9.18 Å². The fourth-order valence-electron chi connectivity index (χ4n) is 3.59. The summed E-state index contributed by atoms with van der Waals surface area (Å²) in [5, 5.41) is 4.32. The lowest BCUT2D eigenvalue weighted by atomic mass is 10.1. The number of nitrogens with zero attached hydrogens (tertiary/aromatic N) is 3. The maximum Gasteiger partial charge on any atom is 0.231 e. The molecular formula is C18H22FN5O. The van der Waals surface area contributed by atoms with Crippen LogP contribution >= 0.6 is 0 Å². The summed E-state index contributed by atoms with van der Waals surface area (Å²) in [7, 11) is 0. The molecule has 0 aromatic carbocycles. The quantitative estimate of drug-likeness (QED) is 0.892. The average molecular weight is 343 g/mol. The maximum absolute atomic E-state index is 13.0. The summed E-state index contributed by atoms with van der Waals surface area (Å²) in [6.45, 7) is 3.16. The van der Waals surface area contributed by atoms with Crippen molar-refractivity contribution in [2.45, 2.75) is 44.8 Å². The zero-order valence-electron chi connectivity index (χ0n) is 14.2. The number of pyridine rings is 2. The Bertz CT molecular complexity index is 826. The first-order valence-electron chi connectivity index (χ1n) is 8.84. The van der Waals surface area contributed by atoms with Gasteiger partial charge in [0.05, 0.1) is 5.92 Å². The molecule has 2 aliphatic rings. The van der Waals surface area contributed by atoms with Gasteiger partial charge in [-0.25, -0.2) is 14.4 Å². The molecular weight excluding hydrogens is 321 g/mol. The molecule has 1 amide bonds. The Hall–Kier alpha value is -2.44. The lowest BCUT2D eigenvalue weighted by molar-refractivity contribution is -0.117. The van der Waals surface area contributed by atoms with Crippen molar-refractivity contribution in [3.05, 3.63) is 18.3 Å². The number of carbonyl (C=O) groups is 1. The standard InChI is InChI=1S/C18H22FN5O/c1-2-11-4-3-5-24(11)16-7-10-6-15(21-9-13(10)17(20)23-16)22-18(25)12-8-14(12)19/h6-7,9,11-12,14H,2-5,8H2,1H3,(H2,20,23)(H,21,22,25). The monoisotopic (exact) mass is 343 g/mol. The molecule has 0 bridgehead atoms. The SMILES string of the molecule is CCC1CCCN1c1cc2cc(NC(=O)C3CC3F)ncc2c(N)n1. The number of carbonyl (C=O) groups excluding carboxylic acids is 1. The van der Waals surface area contributed by atoms with Crippen LogP contribution in [-0.4, -0.2) is 34.6 Å². The number of nitrogen functional groups attached to an aromatic ring is 1. The third-order valence-corrected chi connectivity index (χ3v) is 5.17. The summed E-state index contributed by atoms with van der Waals surface area (Å²) in [6, 6.07) is 4.26. The molecule has 1 aliphatic heterocycles. The summed E-state index contributed by atoms with van der Waals surface area (Å²) in [4.78, 5) is 23.0. The van der Waals surface area contributed by atoms with Gasteiger partial charge in [-0.15, -0.1) is 0 Å². The van der Waals surface area contributed by atoms with Crippen LogP contribution in [0.3, 0.4) is 0 Å². The second-order valence-corrected chi connectivity index (χ2v) is 6.90. The Kier molecular flexibility index (Phi) is 3.94. The van der Waals surface area contributed by atoms with Gasteiger partial charge in [-0.3, -0.25) is 4.79 Å². The van der Waals surface area contributed by atoms with E-state index in [0.717, 1.165) is 36.0 Å². The Morgan fingerprint density at radius 3 is 3.00 bits per heavy atom. The zero-order valence-corrected chi connectivity index (χ0v) is 14.2. The van der Waals surface area contributed by atoms with Gasteiger partial charge in [0.1, 0.15) is 23.6 Å². The normalized spacial score (nSPS) is 25.4. The van der Waals surface area contributed by atoms with E-state index in [1.165, 1.54) is 6.42 Å². The minimum Gasteiger partial charge on any atom is -0.383 e. The van der Waals surface area contributed by atoms with Gasteiger partial charge in [-0.1, -0.05) is 6.92 Å². The molecule has 6 nitrogen and oxygen atoms in total. The van der Waals surface area contributed by atoms with Crippen LogP contribution in [0.2, 0.25) is 0 Å². The maximum atomic E-state index is 13.0. The van der Waals surface area contributed by atoms with Crippen molar-refractivity contribution in [3.8, 4) is 0 Å². The molecule has 7 heteroatoms. The Morgan fingerprint density at radius 2 is 2.28 bits per heavy atom. The Labute approximate surface area is 145 Å². The molecule has 1 aliphatic carbocycles. The number of alkyl halides is 1. The number of nitrogens with two attached hydrogens (primary N) is 1. The van der Waals surface area contributed by atoms with Gasteiger partial charge in [0.25, 0.3) is 0 Å². The number of rotatable bonds is 4. The lowest BCUT2D eigenvalue weighted by Gasteiger charge is -2.25. The van der Waals surface area contributed by atoms with Gasteiger partial charge in [-0.05, 0) is 43.2 Å². The molecule has 1 saturated heterocycles. The number of hydrogen-bond donors (Lipinski definition) is 2. The van der Waals surface area contributed by atoms with E-state index < -0.39 is 12.1 Å². The largest absolute Gasteiger partial charge is 0.383 e. The van der Waals surface area contributed by atoms with Gasteiger partial charge in [0.15, 0.2) is 0 Å². The van der Waals surface area contributed by atoms with E-state index in [4.69, 9.17) is 5.73 Å². The van der Waals surface area contributed by atoms with Gasteiger partial charge in [-0.2, -0.15) is 0 Å². The second kappa shape index (κ2) is 6.13. The van der Waals surface area contributed by atoms with E-state index in [1.54, 1.807) is 12.3 Å². The molecule has 3 atom stereocenters. The second-order valence-electron chi connectivity index (χ2n) is 6.90. The number of anilines is 3. The Balaban J connectivity index is 1.65. The van der Waals surface area contributed by atoms with E-state index in [2.05, 4.69) is 27.1 Å². The predicted octanol–water partition coefficient (Wildman–Crippen LogP) is 2.89. The van der Waals surface area contributed by atoms with Gasteiger partial charge < -0.3 is 16.0 Å². The van der Waals surface area contributed by atoms with E-state index in [-0.39, 0.29) is 5.91 Å².